The lowest BCUT2D eigenvalue weighted by Gasteiger charge is -2.38. The Morgan fingerprint density at radius 2 is 1.88 bits per heavy atom. The molecule has 25 heavy (non-hydrogen) atoms. The molecule has 3 nitrogen and oxygen atoms in total. The SMILES string of the molecule is O=C(O)C1(c2ccc(-c3ccc(Cl)cc3)c(OCC3CC3)c2)CCC1. The van der Waals surface area contributed by atoms with Crippen molar-refractivity contribution in [3.8, 4) is 16.9 Å². The highest BCUT2D eigenvalue weighted by atomic mass is 35.5. The van der Waals surface area contributed by atoms with Gasteiger partial charge in [0.05, 0.1) is 12.0 Å². The molecule has 0 amide bonds. The van der Waals surface area contributed by atoms with Gasteiger partial charge in [0.25, 0.3) is 0 Å². The Kier molecular flexibility index (Phi) is 4.20. The van der Waals surface area contributed by atoms with Crippen molar-refractivity contribution in [2.45, 2.75) is 37.5 Å². The number of ether oxygens (including phenoxy) is 1. The zero-order valence-electron chi connectivity index (χ0n) is 14.0. The summed E-state index contributed by atoms with van der Waals surface area (Å²) in [6.45, 7) is 0.699. The molecule has 0 spiro atoms. The molecule has 2 aliphatic rings. The number of carboxylic acid groups (broad SMARTS) is 1. The Morgan fingerprint density at radius 3 is 2.44 bits per heavy atom. The molecular formula is C21H21ClO3. The summed E-state index contributed by atoms with van der Waals surface area (Å²) >= 11 is 6.00. The Labute approximate surface area is 152 Å². The first kappa shape index (κ1) is 16.5. The number of aliphatic carboxylic acids is 1. The van der Waals surface area contributed by atoms with Crippen LogP contribution in [0.25, 0.3) is 11.1 Å². The molecule has 4 heteroatoms. The molecule has 0 heterocycles. The van der Waals surface area contributed by atoms with Crippen LogP contribution in [0.15, 0.2) is 42.5 Å². The third kappa shape index (κ3) is 3.13. The van der Waals surface area contributed by atoms with Crippen LogP contribution in [0.2, 0.25) is 5.02 Å². The van der Waals surface area contributed by atoms with Crippen molar-refractivity contribution in [2.75, 3.05) is 6.61 Å². The van der Waals surface area contributed by atoms with Crippen LogP contribution in [0.5, 0.6) is 5.75 Å². The number of hydrogen-bond acceptors (Lipinski definition) is 2. The maximum atomic E-state index is 11.8. The molecule has 130 valence electrons. The van der Waals surface area contributed by atoms with Gasteiger partial charge in [-0.05, 0) is 60.9 Å². The summed E-state index contributed by atoms with van der Waals surface area (Å²) in [5, 5.41) is 10.4. The second kappa shape index (κ2) is 6.38. The molecule has 0 aromatic heterocycles. The zero-order chi connectivity index (χ0) is 17.4. The normalized spacial score (nSPS) is 18.4. The van der Waals surface area contributed by atoms with E-state index in [1.54, 1.807) is 0 Å². The Balaban J connectivity index is 1.72. The molecule has 1 N–H and O–H groups in total. The number of hydrogen-bond donors (Lipinski definition) is 1. The van der Waals surface area contributed by atoms with E-state index in [0.29, 0.717) is 30.4 Å². The Bertz CT molecular complexity index is 789. The second-order valence-corrected chi connectivity index (χ2v) is 7.65. The van der Waals surface area contributed by atoms with Gasteiger partial charge in [0.2, 0.25) is 0 Å². The summed E-state index contributed by atoms with van der Waals surface area (Å²) in [5.74, 6) is 0.684. The number of carboxylic acids is 1. The van der Waals surface area contributed by atoms with Crippen molar-refractivity contribution >= 4 is 17.6 Å². The molecule has 0 aliphatic heterocycles. The van der Waals surface area contributed by atoms with Crippen molar-refractivity contribution in [1.82, 2.24) is 0 Å². The van der Waals surface area contributed by atoms with Gasteiger partial charge in [-0.1, -0.05) is 42.3 Å². The fraction of sp³-hybridized carbons (Fsp3) is 0.381. The summed E-state index contributed by atoms with van der Waals surface area (Å²) in [7, 11) is 0. The van der Waals surface area contributed by atoms with Crippen molar-refractivity contribution < 1.29 is 14.6 Å². The van der Waals surface area contributed by atoms with Crippen molar-refractivity contribution in [3.05, 3.63) is 53.1 Å². The van der Waals surface area contributed by atoms with Gasteiger partial charge in [0, 0.05) is 10.6 Å². The lowest BCUT2D eigenvalue weighted by Crippen LogP contribution is -2.42. The van der Waals surface area contributed by atoms with Crippen LogP contribution in [0, 0.1) is 5.92 Å². The second-order valence-electron chi connectivity index (χ2n) is 7.21. The van der Waals surface area contributed by atoms with Gasteiger partial charge in [0.15, 0.2) is 0 Å². The van der Waals surface area contributed by atoms with Crippen LogP contribution >= 0.6 is 11.6 Å². The molecule has 2 saturated carbocycles. The van der Waals surface area contributed by atoms with E-state index in [4.69, 9.17) is 16.3 Å². The number of carbonyl (C=O) groups is 1. The molecule has 2 aromatic rings. The lowest BCUT2D eigenvalue weighted by molar-refractivity contribution is -0.147. The molecule has 2 fully saturated rings. The van der Waals surface area contributed by atoms with Gasteiger partial charge in [-0.3, -0.25) is 4.79 Å². The lowest BCUT2D eigenvalue weighted by atomic mass is 9.64. The highest BCUT2D eigenvalue weighted by Gasteiger charge is 2.46. The molecular weight excluding hydrogens is 336 g/mol. The molecule has 0 saturated heterocycles. The van der Waals surface area contributed by atoms with Gasteiger partial charge in [-0.2, -0.15) is 0 Å². The summed E-state index contributed by atoms with van der Waals surface area (Å²) in [6, 6.07) is 13.5. The average Bonchev–Trinajstić information content (AvgIpc) is 3.37. The third-order valence-corrected chi connectivity index (χ3v) is 5.73. The van der Waals surface area contributed by atoms with Gasteiger partial charge < -0.3 is 9.84 Å². The van der Waals surface area contributed by atoms with Gasteiger partial charge in [-0.15, -0.1) is 0 Å². The first-order chi connectivity index (χ1) is 12.1. The molecule has 4 rings (SSSR count). The molecule has 0 atom stereocenters. The van der Waals surface area contributed by atoms with E-state index in [9.17, 15) is 9.90 Å². The van der Waals surface area contributed by atoms with E-state index in [2.05, 4.69) is 0 Å². The molecule has 0 radical (unpaired) electrons. The Hall–Kier alpha value is -2.00. The fourth-order valence-electron chi connectivity index (χ4n) is 3.46. The molecule has 0 bridgehead atoms. The van der Waals surface area contributed by atoms with Crippen molar-refractivity contribution in [2.24, 2.45) is 5.92 Å². The van der Waals surface area contributed by atoms with E-state index in [-0.39, 0.29) is 0 Å². The van der Waals surface area contributed by atoms with Crippen molar-refractivity contribution in [1.29, 1.82) is 0 Å². The fourth-order valence-corrected chi connectivity index (χ4v) is 3.58. The van der Waals surface area contributed by atoms with Gasteiger partial charge >= 0.3 is 5.97 Å². The van der Waals surface area contributed by atoms with E-state index in [1.807, 2.05) is 42.5 Å². The average molecular weight is 357 g/mol. The smallest absolute Gasteiger partial charge is 0.314 e. The van der Waals surface area contributed by atoms with Crippen LogP contribution in [-0.4, -0.2) is 17.7 Å². The quantitative estimate of drug-likeness (QED) is 0.763. The van der Waals surface area contributed by atoms with E-state index < -0.39 is 11.4 Å². The number of rotatable bonds is 6. The maximum Gasteiger partial charge on any atom is 0.314 e. The maximum absolute atomic E-state index is 11.8. The predicted molar refractivity (Wildman–Crippen MR) is 98.3 cm³/mol. The number of halogens is 1. The minimum atomic E-state index is -0.740. The first-order valence-corrected chi connectivity index (χ1v) is 9.23. The van der Waals surface area contributed by atoms with Crippen molar-refractivity contribution in [3.63, 3.8) is 0 Å². The van der Waals surface area contributed by atoms with E-state index >= 15 is 0 Å². The minimum absolute atomic E-state index is 0.638. The summed E-state index contributed by atoms with van der Waals surface area (Å²) < 4.78 is 6.10. The Morgan fingerprint density at radius 1 is 1.16 bits per heavy atom. The predicted octanol–water partition coefficient (Wildman–Crippen LogP) is 5.30. The highest BCUT2D eigenvalue weighted by molar-refractivity contribution is 6.30. The van der Waals surface area contributed by atoms with Crippen LogP contribution in [-0.2, 0) is 10.2 Å². The molecule has 2 aliphatic carbocycles. The largest absolute Gasteiger partial charge is 0.493 e. The highest BCUT2D eigenvalue weighted by Crippen LogP contribution is 2.46. The van der Waals surface area contributed by atoms with Gasteiger partial charge in [-0.25, -0.2) is 0 Å². The summed E-state index contributed by atoms with van der Waals surface area (Å²) in [6.07, 6.45) is 4.79. The molecule has 2 aromatic carbocycles. The topological polar surface area (TPSA) is 46.5 Å². The van der Waals surface area contributed by atoms with Crippen LogP contribution < -0.4 is 4.74 Å². The van der Waals surface area contributed by atoms with E-state index in [1.165, 1.54) is 12.8 Å². The van der Waals surface area contributed by atoms with Crippen LogP contribution in [0.1, 0.15) is 37.7 Å². The van der Waals surface area contributed by atoms with Crippen LogP contribution in [0.3, 0.4) is 0 Å². The molecule has 0 unspecified atom stereocenters. The summed E-state index contributed by atoms with van der Waals surface area (Å²) in [5.41, 5.74) is 2.13. The third-order valence-electron chi connectivity index (χ3n) is 5.48. The van der Waals surface area contributed by atoms with Crippen LogP contribution in [0.4, 0.5) is 0 Å². The minimum Gasteiger partial charge on any atom is -0.493 e. The zero-order valence-corrected chi connectivity index (χ0v) is 14.8. The van der Waals surface area contributed by atoms with E-state index in [0.717, 1.165) is 28.9 Å². The summed E-state index contributed by atoms with van der Waals surface area (Å²) in [4.78, 5) is 11.8. The number of benzene rings is 2. The first-order valence-electron chi connectivity index (χ1n) is 8.85. The van der Waals surface area contributed by atoms with Gasteiger partial charge in [0.1, 0.15) is 5.75 Å². The monoisotopic (exact) mass is 356 g/mol. The standard InChI is InChI=1S/C21H21ClO3/c22-17-7-4-15(5-8-17)18-9-6-16(21(20(23)24)10-1-11-21)12-19(18)25-13-14-2-3-14/h4-9,12,14H,1-3,10-11,13H2,(H,23,24).